The Balaban J connectivity index is 0.000000150. The molecule has 3 aromatic carbocycles. The molecule has 0 radical (unpaired) electrons. The number of anilines is 1. The Kier molecular flexibility index (Phi) is 44.3. The third-order valence-corrected chi connectivity index (χ3v) is 23.4. The standard InChI is InChI=1S/C12H24N2.C12H18N2.C11H13F3N2.C11H22N2.C11H16N2.2C10H20N2.C7H16N2/c1-2-9-14(10-3-1)11-6-12-4-7-13-8-5-12;1-2-4-12(5-3-1)6-9-14-10-7-13-8-11-14;12-11(13,14)9-2-1-3-10(8-9)16-6-4-15-5-7-16;1-2-8-13(9-3-1)10-11-4-6-12-7-5-11;1-2-4-11(5-3-1)10-13-8-6-12-7-9-13;1-2-8-12(9-3-1)10-4-6-11-7-5-10;1-2-4-10(5-3-1)12-8-6-11-7-9-12;8-4-7-9-5-2-1-3-6-9/h12-13H,1-11H2;1-5,13H,6-11H2;1-3,8,15H,4-7H2;11-12H,1-10H2;1-5,12H,6-10H2;2*10-11H,1-9H2;1-8H2. The first kappa shape index (κ1) is 85.3. The normalized spacial score (nSPS) is 23.4. The lowest BCUT2D eigenvalue weighted by atomic mass is 9.94. The van der Waals surface area contributed by atoms with Crippen LogP contribution in [0.3, 0.4) is 0 Å². The predicted octanol–water partition coefficient (Wildman–Crippen LogP) is 10.6. The summed E-state index contributed by atoms with van der Waals surface area (Å²) in [6, 6.07) is 28.8. The Morgan fingerprint density at radius 2 is 0.748 bits per heavy atom. The topological polar surface area (TPSA) is 136 Å². The second kappa shape index (κ2) is 53.5. The van der Waals surface area contributed by atoms with Gasteiger partial charge in [-0.25, -0.2) is 0 Å². The molecule has 3 aromatic rings. The summed E-state index contributed by atoms with van der Waals surface area (Å²) < 4.78 is 37.5. The Hall–Kier alpha value is -3.35. The van der Waals surface area contributed by atoms with Crippen LogP contribution in [0.2, 0.25) is 0 Å². The highest BCUT2D eigenvalue weighted by Crippen LogP contribution is 2.32. The smallest absolute Gasteiger partial charge is 0.369 e. The maximum absolute atomic E-state index is 12.5. The van der Waals surface area contributed by atoms with E-state index in [4.69, 9.17) is 5.73 Å². The Morgan fingerprint density at radius 3 is 1.27 bits per heavy atom. The van der Waals surface area contributed by atoms with Crippen molar-refractivity contribution in [3.05, 3.63) is 102 Å². The van der Waals surface area contributed by atoms with Crippen molar-refractivity contribution in [3.8, 4) is 0 Å². The Labute approximate surface area is 625 Å². The van der Waals surface area contributed by atoms with Gasteiger partial charge in [-0.2, -0.15) is 13.2 Å². The number of halogens is 3. The molecular formula is C84H149F3N16. The van der Waals surface area contributed by atoms with Crippen molar-refractivity contribution in [2.24, 2.45) is 17.6 Å². The molecule has 16 nitrogen and oxygen atoms in total. The van der Waals surface area contributed by atoms with Gasteiger partial charge in [-0.15, -0.1) is 0 Å². The molecule has 12 aliphatic rings. The fourth-order valence-corrected chi connectivity index (χ4v) is 17.0. The first-order chi connectivity index (χ1) is 50.7. The van der Waals surface area contributed by atoms with E-state index in [1.165, 1.54) is 347 Å². The number of nitrogens with one attached hydrogen (secondary N) is 7. The number of hydrogen-bond acceptors (Lipinski definition) is 16. The molecule has 586 valence electrons. The summed E-state index contributed by atoms with van der Waals surface area (Å²) in [7, 11) is 0. The van der Waals surface area contributed by atoms with Crippen LogP contribution in [0.15, 0.2) is 84.9 Å². The van der Waals surface area contributed by atoms with Crippen molar-refractivity contribution in [3.63, 3.8) is 0 Å². The number of alkyl halides is 3. The molecule has 0 amide bonds. The lowest BCUT2D eigenvalue weighted by molar-refractivity contribution is -0.137. The third-order valence-electron chi connectivity index (χ3n) is 23.4. The summed E-state index contributed by atoms with van der Waals surface area (Å²) in [5.41, 5.74) is 8.36. The molecule has 0 bridgehead atoms. The summed E-state index contributed by atoms with van der Waals surface area (Å²) in [5, 5.41) is 23.6. The van der Waals surface area contributed by atoms with Crippen LogP contribution in [0.4, 0.5) is 18.9 Å². The van der Waals surface area contributed by atoms with Gasteiger partial charge in [-0.3, -0.25) is 9.80 Å². The summed E-state index contributed by atoms with van der Waals surface area (Å²) >= 11 is 0. The predicted molar refractivity (Wildman–Crippen MR) is 429 cm³/mol. The highest BCUT2D eigenvalue weighted by molar-refractivity contribution is 5.49. The monoisotopic (exact) mass is 1440 g/mol. The average Bonchev–Trinajstić information content (AvgIpc) is 0.840. The number of nitrogens with zero attached hydrogens (tertiary/aromatic N) is 8. The van der Waals surface area contributed by atoms with Crippen LogP contribution >= 0.6 is 0 Å². The number of nitrogens with two attached hydrogens (primary N) is 1. The molecule has 19 heteroatoms. The first-order valence-corrected chi connectivity index (χ1v) is 42.5. The maximum atomic E-state index is 12.5. The largest absolute Gasteiger partial charge is 0.416 e. The van der Waals surface area contributed by atoms with Crippen LogP contribution in [0.25, 0.3) is 0 Å². The molecule has 15 rings (SSSR count). The van der Waals surface area contributed by atoms with E-state index in [0.29, 0.717) is 5.69 Å². The molecule has 0 aromatic heterocycles. The van der Waals surface area contributed by atoms with Crippen LogP contribution in [0.1, 0.15) is 171 Å². The molecule has 11 heterocycles. The zero-order valence-corrected chi connectivity index (χ0v) is 64.8. The van der Waals surface area contributed by atoms with Crippen LogP contribution in [-0.2, 0) is 19.1 Å². The molecule has 11 aliphatic heterocycles. The molecule has 0 atom stereocenters. The van der Waals surface area contributed by atoms with Gasteiger partial charge < -0.3 is 72.4 Å². The van der Waals surface area contributed by atoms with Crippen molar-refractivity contribution < 1.29 is 13.2 Å². The van der Waals surface area contributed by atoms with E-state index in [9.17, 15) is 13.2 Å². The van der Waals surface area contributed by atoms with Crippen molar-refractivity contribution >= 4 is 5.69 Å². The SMILES string of the molecule is C1CCC(N2CCNCC2)CC1.C1CCN(C2CCNCC2)CC1.C1CCN(CC2CCNCC2)CC1.C1CCN(CCC2CCNCC2)CC1.FC(F)(F)c1cccc(N2CCNCC2)c1.NCCN1CCCCC1.c1ccc(CCN2CCNCC2)cc1.c1ccc(CN2CCNCC2)cc1. The van der Waals surface area contributed by atoms with Gasteiger partial charge in [-0.1, -0.05) is 112 Å². The van der Waals surface area contributed by atoms with Gasteiger partial charge in [0.05, 0.1) is 5.56 Å². The van der Waals surface area contributed by atoms with Crippen LogP contribution in [-0.4, -0.2) is 275 Å². The number of piperidine rings is 7. The van der Waals surface area contributed by atoms with E-state index < -0.39 is 11.7 Å². The second-order valence-electron chi connectivity index (χ2n) is 31.4. The van der Waals surface area contributed by atoms with Gasteiger partial charge in [-0.05, 0) is 255 Å². The van der Waals surface area contributed by atoms with Gasteiger partial charge >= 0.3 is 6.18 Å². The highest BCUT2D eigenvalue weighted by Gasteiger charge is 2.31. The van der Waals surface area contributed by atoms with Gasteiger partial charge in [0.1, 0.15) is 0 Å². The maximum Gasteiger partial charge on any atom is 0.416 e. The minimum atomic E-state index is -4.26. The molecule has 0 unspecified atom stereocenters. The molecule has 1 aliphatic carbocycles. The quantitative estimate of drug-likeness (QED) is 0.0733. The number of benzene rings is 3. The molecule has 1 saturated carbocycles. The van der Waals surface area contributed by atoms with E-state index in [2.05, 4.69) is 132 Å². The fourth-order valence-electron chi connectivity index (χ4n) is 17.0. The van der Waals surface area contributed by atoms with E-state index in [0.717, 1.165) is 102 Å². The summed E-state index contributed by atoms with van der Waals surface area (Å²) in [6.07, 6.45) is 31.2. The van der Waals surface area contributed by atoms with E-state index in [1.54, 1.807) is 6.07 Å². The van der Waals surface area contributed by atoms with Crippen LogP contribution in [0, 0.1) is 11.8 Å². The lowest BCUT2D eigenvalue weighted by Gasteiger charge is -2.36. The van der Waals surface area contributed by atoms with Crippen molar-refractivity contribution in [1.82, 2.24) is 71.5 Å². The molecule has 12 fully saturated rings. The number of rotatable bonds is 15. The summed E-state index contributed by atoms with van der Waals surface area (Å²) in [6.45, 7) is 42.6. The van der Waals surface area contributed by atoms with Crippen molar-refractivity contribution in [2.45, 2.75) is 185 Å². The van der Waals surface area contributed by atoms with Gasteiger partial charge in [0.25, 0.3) is 0 Å². The molecule has 9 N–H and O–H groups in total. The van der Waals surface area contributed by atoms with Crippen LogP contribution < -0.4 is 47.9 Å². The second-order valence-corrected chi connectivity index (χ2v) is 31.4. The molecule has 103 heavy (non-hydrogen) atoms. The van der Waals surface area contributed by atoms with Crippen LogP contribution in [0.5, 0.6) is 0 Å². The van der Waals surface area contributed by atoms with Crippen molar-refractivity contribution in [1.29, 1.82) is 0 Å². The van der Waals surface area contributed by atoms with E-state index in [1.807, 2.05) is 4.90 Å². The lowest BCUT2D eigenvalue weighted by Crippen LogP contribution is -2.48. The van der Waals surface area contributed by atoms with E-state index >= 15 is 0 Å². The molecule has 11 saturated heterocycles. The minimum absolute atomic E-state index is 0.580. The Bertz CT molecular complexity index is 2330. The number of piperazine rings is 4. The number of hydrogen-bond donors (Lipinski definition) is 8. The third kappa shape index (κ3) is 37.1. The average molecular weight is 1440 g/mol. The highest BCUT2D eigenvalue weighted by atomic mass is 19.4. The van der Waals surface area contributed by atoms with Gasteiger partial charge in [0.2, 0.25) is 0 Å². The summed E-state index contributed by atoms with van der Waals surface area (Å²) in [5.74, 6) is 2.00. The molecular weight excluding hydrogens is 1290 g/mol. The van der Waals surface area contributed by atoms with Gasteiger partial charge in [0.15, 0.2) is 0 Å². The van der Waals surface area contributed by atoms with Gasteiger partial charge in [0, 0.05) is 155 Å². The first-order valence-electron chi connectivity index (χ1n) is 42.5. The zero-order chi connectivity index (χ0) is 71.7. The van der Waals surface area contributed by atoms with Crippen molar-refractivity contribution in [2.75, 3.05) is 234 Å². The van der Waals surface area contributed by atoms with E-state index in [-0.39, 0.29) is 0 Å². The fraction of sp³-hybridized carbons (Fsp3) is 0.786. The number of likely N-dealkylation sites (tertiary alicyclic amines) is 4. The minimum Gasteiger partial charge on any atom is -0.369 e. The molecule has 0 spiro atoms. The zero-order valence-electron chi connectivity index (χ0n) is 64.8. The Morgan fingerprint density at radius 1 is 0.340 bits per heavy atom. The summed E-state index contributed by atoms with van der Waals surface area (Å²) in [4.78, 5) is 20.2.